The van der Waals surface area contributed by atoms with Crippen LogP contribution in [-0.4, -0.2) is 41.8 Å². The second-order valence-electron chi connectivity index (χ2n) is 5.37. The molecule has 1 unspecified atom stereocenters. The van der Waals surface area contributed by atoms with Gasteiger partial charge >= 0.3 is 6.18 Å². The van der Waals surface area contributed by atoms with E-state index in [9.17, 15) is 18.0 Å². The van der Waals surface area contributed by atoms with Crippen LogP contribution in [0.5, 0.6) is 0 Å². The number of alkyl halides is 3. The molecule has 118 valence electrons. The third-order valence-electron chi connectivity index (χ3n) is 2.26. The van der Waals surface area contributed by atoms with Crippen molar-refractivity contribution < 1.29 is 23.2 Å². The third kappa shape index (κ3) is 7.82. The van der Waals surface area contributed by atoms with Crippen molar-refractivity contribution in [3.8, 4) is 0 Å². The summed E-state index contributed by atoms with van der Waals surface area (Å²) in [5.74, 6) is -3.26. The number of carbonyl (C=O) groups excluding carboxylic acids is 1. The normalized spacial score (nSPS) is 15.0. The molecule has 0 radical (unpaired) electrons. The van der Waals surface area contributed by atoms with Gasteiger partial charge in [-0.1, -0.05) is 5.16 Å². The van der Waals surface area contributed by atoms with Gasteiger partial charge in [-0.25, -0.2) is 0 Å². The van der Waals surface area contributed by atoms with Gasteiger partial charge in [-0.05, 0) is 20.8 Å². The summed E-state index contributed by atoms with van der Waals surface area (Å²) in [6.07, 6.45) is -4.57. The minimum atomic E-state index is -4.61. The first-order valence-electron chi connectivity index (χ1n) is 6.03. The maximum absolute atomic E-state index is 12.6. The molecule has 0 fully saturated rings. The Kier molecular flexibility index (Phi) is 6.77. The lowest BCUT2D eigenvalue weighted by Gasteiger charge is -2.21. The van der Waals surface area contributed by atoms with E-state index in [2.05, 4.69) is 15.8 Å². The number of nitrogens with zero attached hydrogens (tertiary/aromatic N) is 1. The number of halogens is 3. The highest BCUT2D eigenvalue weighted by atomic mass is 19.4. The van der Waals surface area contributed by atoms with Crippen LogP contribution in [0.4, 0.5) is 13.2 Å². The van der Waals surface area contributed by atoms with Crippen LogP contribution in [0.1, 0.15) is 27.2 Å². The van der Waals surface area contributed by atoms with Crippen LogP contribution in [0, 0.1) is 5.92 Å². The van der Waals surface area contributed by atoms with Gasteiger partial charge in [0.1, 0.15) is 5.92 Å². The van der Waals surface area contributed by atoms with E-state index in [1.165, 1.54) is 0 Å². The van der Waals surface area contributed by atoms with Crippen LogP contribution in [0.15, 0.2) is 5.16 Å². The van der Waals surface area contributed by atoms with Gasteiger partial charge in [0.05, 0.1) is 0 Å². The van der Waals surface area contributed by atoms with Crippen LogP contribution in [0.3, 0.4) is 0 Å². The van der Waals surface area contributed by atoms with Gasteiger partial charge in [0.25, 0.3) is 0 Å². The molecule has 0 aromatic heterocycles. The van der Waals surface area contributed by atoms with Crippen molar-refractivity contribution >= 4 is 11.7 Å². The summed E-state index contributed by atoms with van der Waals surface area (Å²) in [5.41, 5.74) is 4.60. The first-order chi connectivity index (χ1) is 8.97. The number of hydrogen-bond acceptors (Lipinski definition) is 4. The highest BCUT2D eigenvalue weighted by molar-refractivity contribution is 5.83. The van der Waals surface area contributed by atoms with Crippen LogP contribution < -0.4 is 16.4 Å². The molecule has 0 aromatic rings. The zero-order valence-electron chi connectivity index (χ0n) is 11.7. The van der Waals surface area contributed by atoms with E-state index >= 15 is 0 Å². The van der Waals surface area contributed by atoms with E-state index in [1.807, 2.05) is 0 Å². The SMILES string of the molecule is CC(C)(C)NC(=O)CCNCC(C(N)=NO)C(F)(F)F. The van der Waals surface area contributed by atoms with Gasteiger partial charge in [-0.15, -0.1) is 0 Å². The van der Waals surface area contributed by atoms with E-state index in [4.69, 9.17) is 10.9 Å². The molecule has 0 bridgehead atoms. The van der Waals surface area contributed by atoms with Crippen LogP contribution in [-0.2, 0) is 4.79 Å². The number of carbonyl (C=O) groups is 1. The predicted molar refractivity (Wildman–Crippen MR) is 68.3 cm³/mol. The summed E-state index contributed by atoms with van der Waals surface area (Å²) in [5, 5.41) is 15.8. The molecule has 0 saturated heterocycles. The van der Waals surface area contributed by atoms with Crippen molar-refractivity contribution in [1.82, 2.24) is 10.6 Å². The fourth-order valence-corrected chi connectivity index (χ4v) is 1.39. The minimum absolute atomic E-state index is 0.0397. The third-order valence-corrected chi connectivity index (χ3v) is 2.26. The molecule has 0 saturated carbocycles. The molecule has 0 aliphatic carbocycles. The van der Waals surface area contributed by atoms with Gasteiger partial charge in [-0.2, -0.15) is 13.2 Å². The van der Waals surface area contributed by atoms with E-state index in [-0.39, 0.29) is 24.4 Å². The van der Waals surface area contributed by atoms with Crippen molar-refractivity contribution in [2.75, 3.05) is 13.1 Å². The van der Waals surface area contributed by atoms with Crippen molar-refractivity contribution in [1.29, 1.82) is 0 Å². The summed E-state index contributed by atoms with van der Waals surface area (Å²) < 4.78 is 37.7. The fourth-order valence-electron chi connectivity index (χ4n) is 1.39. The van der Waals surface area contributed by atoms with Gasteiger partial charge in [0.2, 0.25) is 5.91 Å². The van der Waals surface area contributed by atoms with Gasteiger partial charge in [-0.3, -0.25) is 4.79 Å². The van der Waals surface area contributed by atoms with Gasteiger partial charge in [0.15, 0.2) is 5.84 Å². The van der Waals surface area contributed by atoms with E-state index in [0.717, 1.165) is 0 Å². The first-order valence-corrected chi connectivity index (χ1v) is 6.03. The van der Waals surface area contributed by atoms with Crippen LogP contribution in [0.25, 0.3) is 0 Å². The van der Waals surface area contributed by atoms with Gasteiger partial charge < -0.3 is 21.6 Å². The summed E-state index contributed by atoms with van der Waals surface area (Å²) in [4.78, 5) is 11.4. The lowest BCUT2D eigenvalue weighted by molar-refractivity contribution is -0.154. The maximum atomic E-state index is 12.6. The van der Waals surface area contributed by atoms with Gasteiger partial charge in [0, 0.05) is 25.0 Å². The summed E-state index contributed by atoms with van der Waals surface area (Å²) in [6, 6.07) is 0. The summed E-state index contributed by atoms with van der Waals surface area (Å²) in [6.45, 7) is 4.92. The largest absolute Gasteiger partial charge is 0.409 e. The summed E-state index contributed by atoms with van der Waals surface area (Å²) >= 11 is 0. The Morgan fingerprint density at radius 1 is 1.35 bits per heavy atom. The molecule has 1 atom stereocenters. The molecule has 0 aliphatic heterocycles. The summed E-state index contributed by atoms with van der Waals surface area (Å²) in [7, 11) is 0. The number of nitrogens with one attached hydrogen (secondary N) is 2. The highest BCUT2D eigenvalue weighted by Gasteiger charge is 2.42. The Balaban J connectivity index is 4.18. The smallest absolute Gasteiger partial charge is 0.400 e. The molecular weight excluding hydrogens is 277 g/mol. The highest BCUT2D eigenvalue weighted by Crippen LogP contribution is 2.25. The molecule has 1 amide bonds. The minimum Gasteiger partial charge on any atom is -0.409 e. The van der Waals surface area contributed by atoms with Crippen molar-refractivity contribution in [3.63, 3.8) is 0 Å². The Morgan fingerprint density at radius 3 is 2.30 bits per heavy atom. The van der Waals surface area contributed by atoms with Crippen molar-refractivity contribution in [2.45, 2.75) is 38.9 Å². The number of hydrogen-bond donors (Lipinski definition) is 4. The van der Waals surface area contributed by atoms with Crippen LogP contribution >= 0.6 is 0 Å². The molecule has 20 heavy (non-hydrogen) atoms. The lowest BCUT2D eigenvalue weighted by atomic mass is 10.1. The quantitative estimate of drug-likeness (QED) is 0.192. The van der Waals surface area contributed by atoms with E-state index in [0.29, 0.717) is 0 Å². The average Bonchev–Trinajstić information content (AvgIpc) is 2.23. The fraction of sp³-hybridized carbons (Fsp3) is 0.818. The number of rotatable bonds is 6. The standard InChI is InChI=1S/C11H21F3N4O2/c1-10(2,3)17-8(19)4-5-16-6-7(9(15)18-20)11(12,13)14/h7,16,20H,4-6H2,1-3H3,(H2,15,18)(H,17,19). The Hall–Kier alpha value is -1.51. The number of amides is 1. The van der Waals surface area contributed by atoms with Crippen molar-refractivity contribution in [2.24, 2.45) is 16.8 Å². The Morgan fingerprint density at radius 2 is 1.90 bits per heavy atom. The predicted octanol–water partition coefficient (Wildman–Crippen LogP) is 0.806. The Labute approximate surface area is 115 Å². The monoisotopic (exact) mass is 298 g/mol. The van der Waals surface area contributed by atoms with Crippen molar-refractivity contribution in [3.05, 3.63) is 0 Å². The lowest BCUT2D eigenvalue weighted by Crippen LogP contribution is -2.44. The average molecular weight is 298 g/mol. The second-order valence-corrected chi connectivity index (χ2v) is 5.37. The molecule has 0 aliphatic rings. The second kappa shape index (κ2) is 7.32. The van der Waals surface area contributed by atoms with E-state index in [1.54, 1.807) is 20.8 Å². The molecule has 0 spiro atoms. The topological polar surface area (TPSA) is 99.7 Å². The number of nitrogens with two attached hydrogens (primary N) is 1. The number of amidine groups is 1. The zero-order chi connectivity index (χ0) is 16.0. The molecular formula is C11H21F3N4O2. The first kappa shape index (κ1) is 18.5. The number of oxime groups is 1. The van der Waals surface area contributed by atoms with E-state index < -0.39 is 24.5 Å². The van der Waals surface area contributed by atoms with Crippen LogP contribution in [0.2, 0.25) is 0 Å². The maximum Gasteiger partial charge on any atom is 0.400 e. The molecule has 9 heteroatoms. The molecule has 0 aromatic carbocycles. The molecule has 5 N–H and O–H groups in total. The molecule has 0 heterocycles. The Bertz CT molecular complexity index is 351. The molecule has 0 rings (SSSR count). The molecule has 6 nitrogen and oxygen atoms in total. The zero-order valence-corrected chi connectivity index (χ0v) is 11.7.